The molecule has 1 amide bonds. The highest BCUT2D eigenvalue weighted by Crippen LogP contribution is 2.44. The Bertz CT molecular complexity index is 1300. The third kappa shape index (κ3) is 4.05. The SMILES string of the molecule is O=C([O-])C[C@H](NC(=O)OCC1c2ccccc2-c2ccccc21)c1cccc2ccccc12. The lowest BCUT2D eigenvalue weighted by molar-refractivity contribution is -0.306. The van der Waals surface area contributed by atoms with Crippen LogP contribution in [0.2, 0.25) is 0 Å². The minimum atomic E-state index is -1.24. The Kier molecular flexibility index (Phi) is 5.53. The van der Waals surface area contributed by atoms with Crippen LogP contribution in [0.25, 0.3) is 21.9 Å². The quantitative estimate of drug-likeness (QED) is 0.481. The summed E-state index contributed by atoms with van der Waals surface area (Å²) in [7, 11) is 0. The van der Waals surface area contributed by atoms with E-state index in [0.29, 0.717) is 5.56 Å². The van der Waals surface area contributed by atoms with Crippen molar-refractivity contribution >= 4 is 22.8 Å². The average Bonchev–Trinajstić information content (AvgIpc) is 3.15. The largest absolute Gasteiger partial charge is 0.550 e. The number of carboxylic acid groups (broad SMARTS) is 1. The number of ether oxygens (including phenoxy) is 1. The number of hydrogen-bond acceptors (Lipinski definition) is 4. The number of carbonyl (C=O) groups is 2. The molecule has 0 spiro atoms. The van der Waals surface area contributed by atoms with Gasteiger partial charge in [-0.25, -0.2) is 4.79 Å². The van der Waals surface area contributed by atoms with Crippen LogP contribution in [-0.4, -0.2) is 18.7 Å². The van der Waals surface area contributed by atoms with Crippen LogP contribution in [0.3, 0.4) is 0 Å². The molecule has 5 rings (SSSR count). The van der Waals surface area contributed by atoms with E-state index >= 15 is 0 Å². The van der Waals surface area contributed by atoms with Gasteiger partial charge in [-0.3, -0.25) is 0 Å². The number of benzene rings is 4. The van der Waals surface area contributed by atoms with Gasteiger partial charge in [0.2, 0.25) is 0 Å². The summed E-state index contributed by atoms with van der Waals surface area (Å²) in [6.45, 7) is 0.160. The fourth-order valence-electron chi connectivity index (χ4n) is 4.74. The average molecular weight is 436 g/mol. The molecule has 0 radical (unpaired) electrons. The molecule has 0 bridgehead atoms. The van der Waals surface area contributed by atoms with Gasteiger partial charge in [0.15, 0.2) is 0 Å². The summed E-state index contributed by atoms with van der Waals surface area (Å²) in [4.78, 5) is 24.2. The molecule has 0 fully saturated rings. The molecule has 164 valence electrons. The fourth-order valence-corrected chi connectivity index (χ4v) is 4.74. The Balaban J connectivity index is 1.36. The molecule has 1 N–H and O–H groups in total. The van der Waals surface area contributed by atoms with Gasteiger partial charge in [-0.1, -0.05) is 91.0 Å². The summed E-state index contributed by atoms with van der Waals surface area (Å²) in [5.74, 6) is -1.31. The lowest BCUT2D eigenvalue weighted by atomic mass is 9.97. The lowest BCUT2D eigenvalue weighted by Crippen LogP contribution is -2.35. The van der Waals surface area contributed by atoms with Gasteiger partial charge in [0.05, 0.1) is 6.04 Å². The Hall–Kier alpha value is -4.12. The maximum Gasteiger partial charge on any atom is 0.407 e. The van der Waals surface area contributed by atoms with E-state index in [2.05, 4.69) is 29.6 Å². The van der Waals surface area contributed by atoms with E-state index in [-0.39, 0.29) is 18.9 Å². The second kappa shape index (κ2) is 8.79. The third-order valence-corrected chi connectivity index (χ3v) is 6.21. The molecule has 0 heterocycles. The molecule has 4 aromatic carbocycles. The monoisotopic (exact) mass is 436 g/mol. The van der Waals surface area contributed by atoms with Gasteiger partial charge in [-0.2, -0.15) is 0 Å². The van der Waals surface area contributed by atoms with Gasteiger partial charge in [-0.15, -0.1) is 0 Å². The molecule has 5 nitrogen and oxygen atoms in total. The molecule has 0 aliphatic heterocycles. The van der Waals surface area contributed by atoms with Crippen molar-refractivity contribution < 1.29 is 19.4 Å². The maximum atomic E-state index is 12.8. The number of nitrogens with one attached hydrogen (secondary N) is 1. The maximum absolute atomic E-state index is 12.8. The number of amides is 1. The van der Waals surface area contributed by atoms with Gasteiger partial charge >= 0.3 is 6.09 Å². The second-order valence-electron chi connectivity index (χ2n) is 8.17. The fraction of sp³-hybridized carbons (Fsp3) is 0.143. The van der Waals surface area contributed by atoms with Crippen LogP contribution < -0.4 is 10.4 Å². The van der Waals surface area contributed by atoms with Crippen LogP contribution in [0.1, 0.15) is 35.1 Å². The minimum Gasteiger partial charge on any atom is -0.550 e. The van der Waals surface area contributed by atoms with Gasteiger partial charge in [0, 0.05) is 18.3 Å². The number of fused-ring (bicyclic) bond motifs is 4. The van der Waals surface area contributed by atoms with E-state index in [0.717, 1.165) is 33.0 Å². The topological polar surface area (TPSA) is 78.5 Å². The van der Waals surface area contributed by atoms with Gasteiger partial charge in [-0.05, 0) is 38.6 Å². The van der Waals surface area contributed by atoms with Crippen LogP contribution in [0.5, 0.6) is 0 Å². The van der Waals surface area contributed by atoms with Crippen molar-refractivity contribution in [2.24, 2.45) is 0 Å². The first kappa shape index (κ1) is 20.8. The summed E-state index contributed by atoms with van der Waals surface area (Å²) in [5.41, 5.74) is 5.24. The van der Waals surface area contributed by atoms with Crippen molar-refractivity contribution in [1.82, 2.24) is 5.32 Å². The highest BCUT2D eigenvalue weighted by Gasteiger charge is 2.29. The number of carbonyl (C=O) groups excluding carboxylic acids is 2. The van der Waals surface area contributed by atoms with E-state index in [1.807, 2.05) is 66.7 Å². The van der Waals surface area contributed by atoms with Crippen LogP contribution in [0.4, 0.5) is 4.79 Å². The predicted molar refractivity (Wildman–Crippen MR) is 125 cm³/mol. The number of hydrogen-bond donors (Lipinski definition) is 1. The minimum absolute atomic E-state index is 0.0692. The second-order valence-corrected chi connectivity index (χ2v) is 8.17. The third-order valence-electron chi connectivity index (χ3n) is 6.21. The summed E-state index contributed by atoms with van der Waals surface area (Å²) in [5, 5.41) is 16.0. The molecule has 1 aliphatic carbocycles. The van der Waals surface area contributed by atoms with Crippen molar-refractivity contribution in [3.8, 4) is 11.1 Å². The molecular weight excluding hydrogens is 414 g/mol. The number of rotatable bonds is 6. The van der Waals surface area contributed by atoms with E-state index < -0.39 is 18.1 Å². The summed E-state index contributed by atoms with van der Waals surface area (Å²) in [6, 6.07) is 28.7. The molecule has 1 aliphatic rings. The van der Waals surface area contributed by atoms with E-state index in [4.69, 9.17) is 4.74 Å². The van der Waals surface area contributed by atoms with Crippen molar-refractivity contribution in [3.63, 3.8) is 0 Å². The summed E-state index contributed by atoms with van der Waals surface area (Å²) in [6.07, 6.45) is -1.01. The molecule has 5 heteroatoms. The van der Waals surface area contributed by atoms with Crippen molar-refractivity contribution in [1.29, 1.82) is 0 Å². The van der Waals surface area contributed by atoms with E-state index in [1.165, 1.54) is 0 Å². The molecule has 0 saturated carbocycles. The number of alkyl carbamates (subject to hydrolysis) is 1. The van der Waals surface area contributed by atoms with Gasteiger partial charge in [0.1, 0.15) is 6.61 Å². The first-order chi connectivity index (χ1) is 16.1. The molecule has 0 aromatic heterocycles. The molecule has 33 heavy (non-hydrogen) atoms. The van der Waals surface area contributed by atoms with Crippen molar-refractivity contribution in [2.75, 3.05) is 6.61 Å². The zero-order valence-electron chi connectivity index (χ0n) is 17.9. The predicted octanol–water partition coefficient (Wildman–Crippen LogP) is 4.56. The smallest absolute Gasteiger partial charge is 0.407 e. The zero-order chi connectivity index (χ0) is 22.8. The highest BCUT2D eigenvalue weighted by molar-refractivity contribution is 5.87. The van der Waals surface area contributed by atoms with E-state index in [1.54, 1.807) is 0 Å². The van der Waals surface area contributed by atoms with Gasteiger partial charge in [0.25, 0.3) is 0 Å². The Morgan fingerprint density at radius 2 is 1.42 bits per heavy atom. The first-order valence-electron chi connectivity index (χ1n) is 10.9. The van der Waals surface area contributed by atoms with Crippen LogP contribution in [0.15, 0.2) is 91.0 Å². The van der Waals surface area contributed by atoms with Crippen LogP contribution in [-0.2, 0) is 9.53 Å². The molecular formula is C28H22NO4-. The lowest BCUT2D eigenvalue weighted by Gasteiger charge is -2.22. The van der Waals surface area contributed by atoms with E-state index in [9.17, 15) is 14.7 Å². The Labute approximate surface area is 191 Å². The summed E-state index contributed by atoms with van der Waals surface area (Å²) >= 11 is 0. The normalized spacial score (nSPS) is 13.2. The Morgan fingerprint density at radius 1 is 0.818 bits per heavy atom. The molecule has 4 aromatic rings. The standard InChI is InChI=1S/C28H23NO4/c30-27(31)16-26(24-15-7-9-18-8-1-2-10-19(18)24)29-28(32)33-17-25-22-13-5-3-11-20(22)21-12-4-6-14-23(21)25/h1-15,25-26H,16-17H2,(H,29,32)(H,30,31)/p-1/t26-/m0/s1. The van der Waals surface area contributed by atoms with Crippen LogP contribution >= 0.6 is 0 Å². The molecule has 0 saturated heterocycles. The zero-order valence-corrected chi connectivity index (χ0v) is 17.9. The summed E-state index contributed by atoms with van der Waals surface area (Å²) < 4.78 is 5.62. The molecule has 0 unspecified atom stereocenters. The molecule has 1 atom stereocenters. The highest BCUT2D eigenvalue weighted by atomic mass is 16.5. The Morgan fingerprint density at radius 3 is 2.12 bits per heavy atom. The first-order valence-corrected chi connectivity index (χ1v) is 10.9. The van der Waals surface area contributed by atoms with Crippen molar-refractivity contribution in [3.05, 3.63) is 108 Å². The number of aliphatic carboxylic acids is 1. The number of carboxylic acids is 1. The van der Waals surface area contributed by atoms with Crippen molar-refractivity contribution in [2.45, 2.75) is 18.4 Å². The van der Waals surface area contributed by atoms with Gasteiger partial charge < -0.3 is 20.0 Å². The van der Waals surface area contributed by atoms with Crippen LogP contribution in [0, 0.1) is 0 Å².